The van der Waals surface area contributed by atoms with Crippen LogP contribution in [0.15, 0.2) is 66.9 Å². The molecule has 0 radical (unpaired) electrons. The highest BCUT2D eigenvalue weighted by atomic mass is 14.8. The maximum Gasteiger partial charge on any atom is 0.0935 e. The molecule has 0 N–H and O–H groups in total. The standard InChI is InChI=1S/C23H18N2/c1-2-15-9-7-11-18-21-17-10-4-3-8-16(17)14-19(21)23(25-22(15)18)20-12-5-6-13-24-20/h3-13H,2,14H2,1H3. The second-order valence-electron chi connectivity index (χ2n) is 6.53. The van der Waals surface area contributed by atoms with Crippen molar-refractivity contribution in [3.8, 4) is 22.5 Å². The van der Waals surface area contributed by atoms with E-state index >= 15 is 0 Å². The first-order valence-corrected chi connectivity index (χ1v) is 8.81. The van der Waals surface area contributed by atoms with Crippen molar-refractivity contribution >= 4 is 10.9 Å². The summed E-state index contributed by atoms with van der Waals surface area (Å²) < 4.78 is 0. The van der Waals surface area contributed by atoms with Crippen molar-refractivity contribution in [2.45, 2.75) is 19.8 Å². The summed E-state index contributed by atoms with van der Waals surface area (Å²) in [6, 6.07) is 21.3. The fourth-order valence-corrected chi connectivity index (χ4v) is 3.97. The highest BCUT2D eigenvalue weighted by Crippen LogP contribution is 2.44. The number of rotatable bonds is 2. The molecule has 0 amide bonds. The molecule has 0 saturated carbocycles. The Hall–Kier alpha value is -3.00. The Morgan fingerprint density at radius 2 is 1.80 bits per heavy atom. The normalized spacial score (nSPS) is 12.2. The van der Waals surface area contributed by atoms with E-state index in [-0.39, 0.29) is 0 Å². The average molecular weight is 322 g/mol. The molecule has 2 nitrogen and oxygen atoms in total. The lowest BCUT2D eigenvalue weighted by atomic mass is 9.96. The molecule has 2 aromatic carbocycles. The number of aryl methyl sites for hydroxylation is 1. The van der Waals surface area contributed by atoms with E-state index in [4.69, 9.17) is 4.98 Å². The summed E-state index contributed by atoms with van der Waals surface area (Å²) in [5.74, 6) is 0. The summed E-state index contributed by atoms with van der Waals surface area (Å²) >= 11 is 0. The third-order valence-corrected chi connectivity index (χ3v) is 5.14. The molecule has 25 heavy (non-hydrogen) atoms. The number of nitrogens with zero attached hydrogens (tertiary/aromatic N) is 2. The van der Waals surface area contributed by atoms with E-state index in [1.165, 1.54) is 33.2 Å². The van der Waals surface area contributed by atoms with Crippen LogP contribution >= 0.6 is 0 Å². The monoisotopic (exact) mass is 322 g/mol. The Kier molecular flexibility index (Phi) is 3.17. The minimum atomic E-state index is 0.927. The van der Waals surface area contributed by atoms with Crippen molar-refractivity contribution in [2.75, 3.05) is 0 Å². The maximum atomic E-state index is 5.11. The largest absolute Gasteiger partial charge is 0.255 e. The maximum absolute atomic E-state index is 5.11. The van der Waals surface area contributed by atoms with Gasteiger partial charge in [0.15, 0.2) is 0 Å². The third-order valence-electron chi connectivity index (χ3n) is 5.14. The van der Waals surface area contributed by atoms with Crippen LogP contribution in [-0.2, 0) is 12.8 Å². The van der Waals surface area contributed by atoms with E-state index < -0.39 is 0 Å². The topological polar surface area (TPSA) is 25.8 Å². The van der Waals surface area contributed by atoms with E-state index in [1.807, 2.05) is 18.3 Å². The highest BCUT2D eigenvalue weighted by Gasteiger charge is 2.26. The number of aromatic nitrogens is 2. The van der Waals surface area contributed by atoms with Gasteiger partial charge < -0.3 is 0 Å². The van der Waals surface area contributed by atoms with Gasteiger partial charge in [-0.25, -0.2) is 4.98 Å². The number of para-hydroxylation sites is 1. The highest BCUT2D eigenvalue weighted by molar-refractivity contribution is 6.03. The Morgan fingerprint density at radius 1 is 0.920 bits per heavy atom. The SMILES string of the molecule is CCc1cccc2c3c(c(-c4ccccn4)nc12)Cc1ccccc1-3. The van der Waals surface area contributed by atoms with Crippen LogP contribution in [0.4, 0.5) is 0 Å². The number of fused-ring (bicyclic) bond motifs is 5. The number of hydrogen-bond donors (Lipinski definition) is 0. The van der Waals surface area contributed by atoms with E-state index in [0.717, 1.165) is 29.7 Å². The Labute approximate surface area is 147 Å². The Balaban J connectivity index is 1.93. The quantitative estimate of drug-likeness (QED) is 0.433. The predicted octanol–water partition coefficient (Wildman–Crippen LogP) is 5.43. The molecule has 5 rings (SSSR count). The van der Waals surface area contributed by atoms with Crippen molar-refractivity contribution < 1.29 is 0 Å². The Morgan fingerprint density at radius 3 is 2.64 bits per heavy atom. The molecule has 0 fully saturated rings. The van der Waals surface area contributed by atoms with Crippen LogP contribution in [0.1, 0.15) is 23.6 Å². The zero-order chi connectivity index (χ0) is 16.8. The lowest BCUT2D eigenvalue weighted by Crippen LogP contribution is -1.98. The molecule has 4 aromatic rings. The molecule has 0 atom stereocenters. The number of pyridine rings is 2. The number of hydrogen-bond acceptors (Lipinski definition) is 2. The molecule has 1 aliphatic carbocycles. The molecule has 0 saturated heterocycles. The van der Waals surface area contributed by atoms with Gasteiger partial charge in [-0.2, -0.15) is 0 Å². The van der Waals surface area contributed by atoms with Crippen LogP contribution in [0, 0.1) is 0 Å². The third kappa shape index (κ3) is 2.11. The summed E-state index contributed by atoms with van der Waals surface area (Å²) in [6.07, 6.45) is 3.75. The lowest BCUT2D eigenvalue weighted by Gasteiger charge is -2.13. The van der Waals surface area contributed by atoms with Gasteiger partial charge >= 0.3 is 0 Å². The van der Waals surface area contributed by atoms with Gasteiger partial charge in [-0.05, 0) is 46.4 Å². The minimum Gasteiger partial charge on any atom is -0.255 e. The zero-order valence-electron chi connectivity index (χ0n) is 14.2. The minimum absolute atomic E-state index is 0.927. The van der Waals surface area contributed by atoms with Gasteiger partial charge in [0.1, 0.15) is 0 Å². The predicted molar refractivity (Wildman–Crippen MR) is 103 cm³/mol. The molecule has 0 spiro atoms. The first-order valence-electron chi connectivity index (χ1n) is 8.81. The first-order chi connectivity index (χ1) is 12.4. The molecule has 1 aliphatic rings. The van der Waals surface area contributed by atoms with Crippen LogP contribution in [0.3, 0.4) is 0 Å². The fraction of sp³-hybridized carbons (Fsp3) is 0.130. The van der Waals surface area contributed by atoms with Crippen LogP contribution in [0.2, 0.25) is 0 Å². The number of benzene rings is 2. The van der Waals surface area contributed by atoms with Gasteiger partial charge in [-0.1, -0.05) is 55.5 Å². The zero-order valence-corrected chi connectivity index (χ0v) is 14.2. The molecule has 2 heteroatoms. The molecule has 120 valence electrons. The van der Waals surface area contributed by atoms with Gasteiger partial charge in [0.2, 0.25) is 0 Å². The summed E-state index contributed by atoms with van der Waals surface area (Å²) in [4.78, 5) is 9.70. The van der Waals surface area contributed by atoms with E-state index in [2.05, 4.69) is 60.4 Å². The molecule has 2 heterocycles. The van der Waals surface area contributed by atoms with Gasteiger partial charge in [0, 0.05) is 18.0 Å². The fourth-order valence-electron chi connectivity index (χ4n) is 3.97. The van der Waals surface area contributed by atoms with Gasteiger partial charge in [-0.3, -0.25) is 4.98 Å². The molecule has 2 aromatic heterocycles. The summed E-state index contributed by atoms with van der Waals surface area (Å²) in [7, 11) is 0. The summed E-state index contributed by atoms with van der Waals surface area (Å²) in [5.41, 5.74) is 9.76. The smallest absolute Gasteiger partial charge is 0.0935 e. The van der Waals surface area contributed by atoms with Crippen molar-refractivity contribution in [1.29, 1.82) is 0 Å². The second kappa shape index (κ2) is 5.52. The van der Waals surface area contributed by atoms with E-state index in [0.29, 0.717) is 0 Å². The summed E-state index contributed by atoms with van der Waals surface area (Å²) in [5, 5.41) is 1.26. The van der Waals surface area contributed by atoms with Crippen LogP contribution < -0.4 is 0 Å². The van der Waals surface area contributed by atoms with Crippen molar-refractivity contribution in [1.82, 2.24) is 9.97 Å². The first kappa shape index (κ1) is 14.4. The lowest BCUT2D eigenvalue weighted by molar-refractivity contribution is 1.13. The molecule has 0 bridgehead atoms. The molecule has 0 unspecified atom stereocenters. The second-order valence-corrected chi connectivity index (χ2v) is 6.53. The van der Waals surface area contributed by atoms with Crippen molar-refractivity contribution in [3.63, 3.8) is 0 Å². The van der Waals surface area contributed by atoms with E-state index in [1.54, 1.807) is 0 Å². The van der Waals surface area contributed by atoms with Crippen LogP contribution in [-0.4, -0.2) is 9.97 Å². The molecular weight excluding hydrogens is 304 g/mol. The van der Waals surface area contributed by atoms with Gasteiger partial charge in [0.05, 0.1) is 16.9 Å². The Bertz CT molecular complexity index is 1100. The van der Waals surface area contributed by atoms with Crippen molar-refractivity contribution in [2.24, 2.45) is 0 Å². The molecular formula is C23H18N2. The molecule has 0 aliphatic heterocycles. The van der Waals surface area contributed by atoms with Gasteiger partial charge in [0.25, 0.3) is 0 Å². The average Bonchev–Trinajstić information content (AvgIpc) is 3.07. The van der Waals surface area contributed by atoms with Crippen LogP contribution in [0.25, 0.3) is 33.4 Å². The van der Waals surface area contributed by atoms with Gasteiger partial charge in [-0.15, -0.1) is 0 Å². The van der Waals surface area contributed by atoms with E-state index in [9.17, 15) is 0 Å². The van der Waals surface area contributed by atoms with Crippen molar-refractivity contribution in [3.05, 3.63) is 83.6 Å². The van der Waals surface area contributed by atoms with Crippen LogP contribution in [0.5, 0.6) is 0 Å². The summed E-state index contributed by atoms with van der Waals surface area (Å²) in [6.45, 7) is 2.19.